The van der Waals surface area contributed by atoms with Crippen LogP contribution in [0.4, 0.5) is 0 Å². The smallest absolute Gasteiger partial charge is 0.327 e. The molecule has 9 heteroatoms. The molecule has 1 atom stereocenters. The highest BCUT2D eigenvalue weighted by Crippen LogP contribution is 2.18. The molecule has 2 amide bonds. The van der Waals surface area contributed by atoms with E-state index in [4.69, 9.17) is 5.11 Å². The number of rotatable bonds is 7. The molecule has 1 rings (SSSR count). The number of hydrogen-bond donors (Lipinski definition) is 3. The van der Waals surface area contributed by atoms with Gasteiger partial charge in [0.25, 0.3) is 0 Å². The van der Waals surface area contributed by atoms with Crippen LogP contribution in [0.1, 0.15) is 19.8 Å². The van der Waals surface area contributed by atoms with E-state index in [-0.39, 0.29) is 6.04 Å². The molecule has 108 valence electrons. The standard InChI is InChI=1S/C10H16N2O6S/c1-6(13)11-8(10(15)16)4-19(17,18)5-9(14)12-7-2-3-7/h7-8H,2-5H2,1H3,(H,11,13)(H,12,14)(H,15,16). The Hall–Kier alpha value is -1.64. The lowest BCUT2D eigenvalue weighted by atomic mass is 10.3. The zero-order valence-corrected chi connectivity index (χ0v) is 11.2. The molecule has 0 aromatic carbocycles. The predicted octanol–water partition coefficient (Wildman–Crippen LogP) is -1.73. The lowest BCUT2D eigenvalue weighted by molar-refractivity contribution is -0.140. The predicted molar refractivity (Wildman–Crippen MR) is 65.1 cm³/mol. The van der Waals surface area contributed by atoms with E-state index in [2.05, 4.69) is 5.32 Å². The summed E-state index contributed by atoms with van der Waals surface area (Å²) in [5, 5.41) is 13.3. The fourth-order valence-electron chi connectivity index (χ4n) is 1.43. The van der Waals surface area contributed by atoms with Crippen molar-refractivity contribution in [3.8, 4) is 0 Å². The summed E-state index contributed by atoms with van der Waals surface area (Å²) < 4.78 is 23.3. The maximum Gasteiger partial charge on any atom is 0.327 e. The summed E-state index contributed by atoms with van der Waals surface area (Å²) in [4.78, 5) is 32.9. The van der Waals surface area contributed by atoms with Gasteiger partial charge in [0.05, 0.1) is 5.75 Å². The fraction of sp³-hybridized carbons (Fsp3) is 0.700. The number of carboxylic acid groups (broad SMARTS) is 1. The summed E-state index contributed by atoms with van der Waals surface area (Å²) in [5.74, 6) is -4.33. The second-order valence-electron chi connectivity index (χ2n) is 4.49. The van der Waals surface area contributed by atoms with Crippen molar-refractivity contribution in [2.45, 2.75) is 31.8 Å². The summed E-state index contributed by atoms with van der Waals surface area (Å²) in [7, 11) is -3.90. The minimum absolute atomic E-state index is 0.0355. The fourth-order valence-corrected chi connectivity index (χ4v) is 2.76. The zero-order valence-electron chi connectivity index (χ0n) is 10.4. The summed E-state index contributed by atoms with van der Waals surface area (Å²) in [5.41, 5.74) is 0. The highest BCUT2D eigenvalue weighted by molar-refractivity contribution is 7.92. The Bertz CT molecular complexity index is 482. The summed E-state index contributed by atoms with van der Waals surface area (Å²) in [6.07, 6.45) is 1.66. The van der Waals surface area contributed by atoms with E-state index in [0.717, 1.165) is 19.8 Å². The molecule has 0 radical (unpaired) electrons. The molecule has 8 nitrogen and oxygen atoms in total. The van der Waals surface area contributed by atoms with Crippen LogP contribution < -0.4 is 10.6 Å². The van der Waals surface area contributed by atoms with Gasteiger partial charge in [-0.1, -0.05) is 0 Å². The van der Waals surface area contributed by atoms with Gasteiger partial charge in [0.1, 0.15) is 11.8 Å². The number of carboxylic acids is 1. The van der Waals surface area contributed by atoms with Gasteiger partial charge in [0, 0.05) is 13.0 Å². The van der Waals surface area contributed by atoms with Gasteiger partial charge in [-0.05, 0) is 12.8 Å². The first kappa shape index (κ1) is 15.4. The monoisotopic (exact) mass is 292 g/mol. The van der Waals surface area contributed by atoms with Crippen molar-refractivity contribution in [2.75, 3.05) is 11.5 Å². The third-order valence-electron chi connectivity index (χ3n) is 2.39. The van der Waals surface area contributed by atoms with Crippen LogP contribution in [-0.2, 0) is 24.2 Å². The maximum absolute atomic E-state index is 11.7. The van der Waals surface area contributed by atoms with Crippen LogP contribution in [-0.4, -0.2) is 54.9 Å². The van der Waals surface area contributed by atoms with Gasteiger partial charge in [-0.25, -0.2) is 13.2 Å². The van der Waals surface area contributed by atoms with Crippen LogP contribution >= 0.6 is 0 Å². The molecule has 0 bridgehead atoms. The van der Waals surface area contributed by atoms with Crippen molar-refractivity contribution in [1.29, 1.82) is 0 Å². The van der Waals surface area contributed by atoms with Gasteiger partial charge in [0.15, 0.2) is 9.84 Å². The van der Waals surface area contributed by atoms with Crippen molar-refractivity contribution >= 4 is 27.6 Å². The zero-order chi connectivity index (χ0) is 14.6. The van der Waals surface area contributed by atoms with Gasteiger partial charge in [-0.3, -0.25) is 9.59 Å². The highest BCUT2D eigenvalue weighted by atomic mass is 32.2. The topological polar surface area (TPSA) is 130 Å². The molecular weight excluding hydrogens is 276 g/mol. The highest BCUT2D eigenvalue weighted by Gasteiger charge is 2.30. The van der Waals surface area contributed by atoms with E-state index >= 15 is 0 Å². The number of nitrogens with one attached hydrogen (secondary N) is 2. The largest absolute Gasteiger partial charge is 0.480 e. The van der Waals surface area contributed by atoms with E-state index < -0.39 is 45.2 Å². The Labute approximate surface area is 110 Å². The minimum Gasteiger partial charge on any atom is -0.480 e. The lowest BCUT2D eigenvalue weighted by Gasteiger charge is -2.13. The number of sulfone groups is 1. The van der Waals surface area contributed by atoms with Crippen molar-refractivity contribution in [1.82, 2.24) is 10.6 Å². The van der Waals surface area contributed by atoms with Crippen molar-refractivity contribution in [2.24, 2.45) is 0 Å². The Morgan fingerprint density at radius 3 is 2.32 bits per heavy atom. The molecule has 0 saturated heterocycles. The van der Waals surface area contributed by atoms with E-state index in [1.54, 1.807) is 0 Å². The Balaban J connectivity index is 2.56. The SMILES string of the molecule is CC(=O)NC(CS(=O)(=O)CC(=O)NC1CC1)C(=O)O. The van der Waals surface area contributed by atoms with E-state index in [9.17, 15) is 22.8 Å². The first-order valence-electron chi connectivity index (χ1n) is 5.69. The van der Waals surface area contributed by atoms with Crippen LogP contribution in [0.25, 0.3) is 0 Å². The first-order valence-corrected chi connectivity index (χ1v) is 7.51. The summed E-state index contributed by atoms with van der Waals surface area (Å²) in [6, 6.07) is -1.51. The third-order valence-corrected chi connectivity index (χ3v) is 3.93. The second kappa shape index (κ2) is 6.00. The Morgan fingerprint density at radius 1 is 1.32 bits per heavy atom. The van der Waals surface area contributed by atoms with Crippen LogP contribution in [0, 0.1) is 0 Å². The number of carbonyl (C=O) groups is 3. The molecule has 19 heavy (non-hydrogen) atoms. The van der Waals surface area contributed by atoms with Gasteiger partial charge in [-0.2, -0.15) is 0 Å². The van der Waals surface area contributed by atoms with Crippen molar-refractivity contribution in [3.63, 3.8) is 0 Å². The number of carbonyl (C=O) groups excluding carboxylic acids is 2. The molecule has 1 aliphatic rings. The number of aliphatic carboxylic acids is 1. The minimum atomic E-state index is -3.90. The van der Waals surface area contributed by atoms with Crippen LogP contribution in [0.5, 0.6) is 0 Å². The van der Waals surface area contributed by atoms with Gasteiger partial charge in [-0.15, -0.1) is 0 Å². The summed E-state index contributed by atoms with van der Waals surface area (Å²) in [6.45, 7) is 1.09. The van der Waals surface area contributed by atoms with Gasteiger partial charge >= 0.3 is 5.97 Å². The van der Waals surface area contributed by atoms with Crippen molar-refractivity contribution in [3.05, 3.63) is 0 Å². The van der Waals surface area contributed by atoms with Crippen LogP contribution in [0.3, 0.4) is 0 Å². The first-order chi connectivity index (χ1) is 8.69. The Morgan fingerprint density at radius 2 is 1.89 bits per heavy atom. The average Bonchev–Trinajstić information content (AvgIpc) is 2.97. The molecule has 1 saturated carbocycles. The molecule has 0 aromatic rings. The second-order valence-corrected chi connectivity index (χ2v) is 6.60. The van der Waals surface area contributed by atoms with E-state index in [1.807, 2.05) is 5.32 Å². The van der Waals surface area contributed by atoms with Crippen molar-refractivity contribution < 1.29 is 27.9 Å². The molecule has 1 fully saturated rings. The lowest BCUT2D eigenvalue weighted by Crippen LogP contribution is -2.46. The summed E-state index contributed by atoms with van der Waals surface area (Å²) >= 11 is 0. The molecule has 0 aromatic heterocycles. The van der Waals surface area contributed by atoms with Crippen LogP contribution in [0.2, 0.25) is 0 Å². The molecule has 1 aliphatic carbocycles. The molecule has 0 heterocycles. The quantitative estimate of drug-likeness (QED) is 0.511. The molecule has 0 aliphatic heterocycles. The van der Waals surface area contributed by atoms with Crippen LogP contribution in [0.15, 0.2) is 0 Å². The van der Waals surface area contributed by atoms with Gasteiger partial charge in [0.2, 0.25) is 11.8 Å². The average molecular weight is 292 g/mol. The normalized spacial score (nSPS) is 16.5. The molecule has 0 spiro atoms. The van der Waals surface area contributed by atoms with E-state index in [1.165, 1.54) is 0 Å². The molecule has 1 unspecified atom stereocenters. The maximum atomic E-state index is 11.7. The number of hydrogen-bond acceptors (Lipinski definition) is 5. The Kier molecular flexibility index (Phi) is 4.87. The van der Waals surface area contributed by atoms with E-state index in [0.29, 0.717) is 0 Å². The van der Waals surface area contributed by atoms with Gasteiger partial charge < -0.3 is 15.7 Å². The number of amides is 2. The third kappa shape index (κ3) is 6.18. The molecular formula is C10H16N2O6S. The molecule has 3 N–H and O–H groups in total.